The molecule has 0 atom stereocenters. The molecule has 112 valence electrons. The SMILES string of the molecule is CCCc1nc(N)c(C)c(Nc2ccccc2C(C)C)n1. The highest BCUT2D eigenvalue weighted by Crippen LogP contribution is 2.28. The van der Waals surface area contributed by atoms with Crippen LogP contribution in [0.15, 0.2) is 24.3 Å². The van der Waals surface area contributed by atoms with Crippen molar-refractivity contribution in [1.82, 2.24) is 9.97 Å². The van der Waals surface area contributed by atoms with Crippen LogP contribution in [0.3, 0.4) is 0 Å². The van der Waals surface area contributed by atoms with Crippen molar-refractivity contribution in [3.8, 4) is 0 Å². The number of anilines is 3. The van der Waals surface area contributed by atoms with Crippen LogP contribution >= 0.6 is 0 Å². The third-order valence-corrected chi connectivity index (χ3v) is 3.54. The van der Waals surface area contributed by atoms with Crippen LogP contribution in [-0.2, 0) is 6.42 Å². The summed E-state index contributed by atoms with van der Waals surface area (Å²) in [6, 6.07) is 8.30. The van der Waals surface area contributed by atoms with Crippen molar-refractivity contribution in [3.05, 3.63) is 41.2 Å². The monoisotopic (exact) mass is 284 g/mol. The third kappa shape index (κ3) is 3.51. The van der Waals surface area contributed by atoms with Gasteiger partial charge in [-0.25, -0.2) is 9.97 Å². The number of hydrogen-bond donors (Lipinski definition) is 2. The van der Waals surface area contributed by atoms with Gasteiger partial charge in [0.25, 0.3) is 0 Å². The van der Waals surface area contributed by atoms with Crippen LogP contribution in [0.4, 0.5) is 17.3 Å². The van der Waals surface area contributed by atoms with Crippen LogP contribution in [0.5, 0.6) is 0 Å². The highest BCUT2D eigenvalue weighted by molar-refractivity contribution is 5.66. The van der Waals surface area contributed by atoms with Crippen LogP contribution < -0.4 is 11.1 Å². The van der Waals surface area contributed by atoms with E-state index in [1.807, 2.05) is 13.0 Å². The Hall–Kier alpha value is -2.10. The third-order valence-electron chi connectivity index (χ3n) is 3.54. The normalized spacial score (nSPS) is 10.9. The number of rotatable bonds is 5. The van der Waals surface area contributed by atoms with Crippen LogP contribution in [0.2, 0.25) is 0 Å². The standard InChI is InChI=1S/C17H24N4/c1-5-8-15-20-16(18)12(4)17(21-15)19-14-10-7-6-9-13(14)11(2)3/h6-7,9-11H,5,8H2,1-4H3,(H3,18,19,20,21). The molecule has 0 aliphatic carbocycles. The number of aryl methyl sites for hydroxylation is 1. The molecule has 0 radical (unpaired) electrons. The number of nitrogens with two attached hydrogens (primary N) is 1. The lowest BCUT2D eigenvalue weighted by Gasteiger charge is -2.16. The molecule has 0 aliphatic heterocycles. The van der Waals surface area contributed by atoms with Crippen molar-refractivity contribution >= 4 is 17.3 Å². The van der Waals surface area contributed by atoms with Crippen molar-refractivity contribution in [3.63, 3.8) is 0 Å². The highest BCUT2D eigenvalue weighted by atomic mass is 15.1. The van der Waals surface area contributed by atoms with E-state index in [4.69, 9.17) is 5.73 Å². The molecule has 0 aliphatic rings. The van der Waals surface area contributed by atoms with Crippen molar-refractivity contribution in [2.45, 2.75) is 46.5 Å². The first kappa shape index (κ1) is 15.3. The van der Waals surface area contributed by atoms with Crippen LogP contribution in [0, 0.1) is 6.92 Å². The zero-order chi connectivity index (χ0) is 15.4. The van der Waals surface area contributed by atoms with E-state index >= 15 is 0 Å². The molecule has 21 heavy (non-hydrogen) atoms. The minimum Gasteiger partial charge on any atom is -0.383 e. The van der Waals surface area contributed by atoms with Gasteiger partial charge in [0, 0.05) is 17.7 Å². The maximum absolute atomic E-state index is 6.01. The molecular weight excluding hydrogens is 260 g/mol. The van der Waals surface area contributed by atoms with Crippen LogP contribution in [0.1, 0.15) is 50.1 Å². The number of para-hydroxylation sites is 1. The predicted molar refractivity (Wildman–Crippen MR) is 89.0 cm³/mol. The van der Waals surface area contributed by atoms with E-state index in [9.17, 15) is 0 Å². The van der Waals surface area contributed by atoms with E-state index in [0.29, 0.717) is 11.7 Å². The van der Waals surface area contributed by atoms with Crippen LogP contribution in [0.25, 0.3) is 0 Å². The fraction of sp³-hybridized carbons (Fsp3) is 0.412. The van der Waals surface area contributed by atoms with Crippen molar-refractivity contribution < 1.29 is 0 Å². The number of nitrogen functional groups attached to an aromatic ring is 1. The topological polar surface area (TPSA) is 63.8 Å². The minimum atomic E-state index is 0.448. The molecule has 0 spiro atoms. The Morgan fingerprint density at radius 3 is 2.57 bits per heavy atom. The molecular formula is C17H24N4. The average molecular weight is 284 g/mol. The Balaban J connectivity index is 2.39. The van der Waals surface area contributed by atoms with E-state index < -0.39 is 0 Å². The van der Waals surface area contributed by atoms with Gasteiger partial charge >= 0.3 is 0 Å². The first-order valence-corrected chi connectivity index (χ1v) is 7.51. The Labute approximate surface area is 126 Å². The Bertz CT molecular complexity index is 620. The Kier molecular flexibility index (Phi) is 4.78. The molecule has 4 nitrogen and oxygen atoms in total. The predicted octanol–water partition coefficient (Wildman–Crippen LogP) is 4.19. The minimum absolute atomic E-state index is 0.448. The summed E-state index contributed by atoms with van der Waals surface area (Å²) in [5.74, 6) is 2.60. The van der Waals surface area contributed by atoms with E-state index in [2.05, 4.69) is 54.3 Å². The van der Waals surface area contributed by atoms with Crippen molar-refractivity contribution in [1.29, 1.82) is 0 Å². The first-order chi connectivity index (χ1) is 10.0. The molecule has 3 N–H and O–H groups in total. The summed E-state index contributed by atoms with van der Waals surface area (Å²) >= 11 is 0. The maximum atomic E-state index is 6.01. The lowest BCUT2D eigenvalue weighted by atomic mass is 10.0. The zero-order valence-electron chi connectivity index (χ0n) is 13.3. The molecule has 0 amide bonds. The van der Waals surface area contributed by atoms with Gasteiger partial charge in [0.15, 0.2) is 0 Å². The number of aromatic nitrogens is 2. The van der Waals surface area contributed by atoms with Crippen molar-refractivity contribution in [2.24, 2.45) is 0 Å². The smallest absolute Gasteiger partial charge is 0.139 e. The number of nitrogens with one attached hydrogen (secondary N) is 1. The zero-order valence-corrected chi connectivity index (χ0v) is 13.3. The molecule has 2 aromatic rings. The van der Waals surface area contributed by atoms with Gasteiger partial charge in [0.1, 0.15) is 17.5 Å². The summed E-state index contributed by atoms with van der Waals surface area (Å²) in [6.07, 6.45) is 1.84. The molecule has 1 aromatic carbocycles. The molecule has 1 heterocycles. The van der Waals surface area contributed by atoms with E-state index in [1.165, 1.54) is 5.56 Å². The quantitative estimate of drug-likeness (QED) is 0.864. The van der Waals surface area contributed by atoms with Gasteiger partial charge in [-0.05, 0) is 30.9 Å². The van der Waals surface area contributed by atoms with Gasteiger partial charge in [-0.2, -0.15) is 0 Å². The second-order valence-corrected chi connectivity index (χ2v) is 5.62. The van der Waals surface area contributed by atoms with Gasteiger partial charge in [-0.1, -0.05) is 39.0 Å². The highest BCUT2D eigenvalue weighted by Gasteiger charge is 2.11. The van der Waals surface area contributed by atoms with Crippen LogP contribution in [-0.4, -0.2) is 9.97 Å². The van der Waals surface area contributed by atoms with Gasteiger partial charge in [-0.3, -0.25) is 0 Å². The molecule has 2 rings (SSSR count). The van der Waals surface area contributed by atoms with Gasteiger partial charge < -0.3 is 11.1 Å². The van der Waals surface area contributed by atoms with Gasteiger partial charge in [-0.15, -0.1) is 0 Å². The molecule has 0 saturated carbocycles. The second-order valence-electron chi connectivity index (χ2n) is 5.62. The van der Waals surface area contributed by atoms with E-state index in [0.717, 1.165) is 35.7 Å². The molecule has 0 unspecified atom stereocenters. The van der Waals surface area contributed by atoms with Crippen molar-refractivity contribution in [2.75, 3.05) is 11.1 Å². The first-order valence-electron chi connectivity index (χ1n) is 7.51. The molecule has 1 aromatic heterocycles. The fourth-order valence-electron chi connectivity index (χ4n) is 2.28. The lowest BCUT2D eigenvalue weighted by Crippen LogP contribution is -2.08. The number of nitrogens with zero attached hydrogens (tertiary/aromatic N) is 2. The van der Waals surface area contributed by atoms with Gasteiger partial charge in [0.2, 0.25) is 0 Å². The van der Waals surface area contributed by atoms with E-state index in [-0.39, 0.29) is 0 Å². The van der Waals surface area contributed by atoms with Gasteiger partial charge in [0.05, 0.1) is 0 Å². The summed E-state index contributed by atoms with van der Waals surface area (Å²) in [4.78, 5) is 8.97. The van der Waals surface area contributed by atoms with E-state index in [1.54, 1.807) is 0 Å². The average Bonchev–Trinajstić information content (AvgIpc) is 2.45. The summed E-state index contributed by atoms with van der Waals surface area (Å²) in [7, 11) is 0. The Morgan fingerprint density at radius 1 is 1.19 bits per heavy atom. The Morgan fingerprint density at radius 2 is 1.90 bits per heavy atom. The lowest BCUT2D eigenvalue weighted by molar-refractivity contribution is 0.835. The molecule has 0 saturated heterocycles. The summed E-state index contributed by atoms with van der Waals surface area (Å²) < 4.78 is 0. The number of hydrogen-bond acceptors (Lipinski definition) is 4. The summed E-state index contributed by atoms with van der Waals surface area (Å²) in [5.41, 5.74) is 9.26. The number of benzene rings is 1. The largest absolute Gasteiger partial charge is 0.383 e. The molecule has 0 fully saturated rings. The maximum Gasteiger partial charge on any atom is 0.139 e. The summed E-state index contributed by atoms with van der Waals surface area (Å²) in [6.45, 7) is 8.43. The molecule has 4 heteroatoms. The second kappa shape index (κ2) is 6.57. The fourth-order valence-corrected chi connectivity index (χ4v) is 2.28. The molecule has 0 bridgehead atoms. The summed E-state index contributed by atoms with van der Waals surface area (Å²) in [5, 5.41) is 3.43.